The number of rotatable bonds is 3. The van der Waals surface area contributed by atoms with Crippen molar-refractivity contribution < 1.29 is 4.79 Å². The lowest BCUT2D eigenvalue weighted by Gasteiger charge is -2.04. The van der Waals surface area contributed by atoms with E-state index in [0.29, 0.717) is 0 Å². The Labute approximate surface area is 118 Å². The van der Waals surface area contributed by atoms with E-state index in [-0.39, 0.29) is 5.91 Å². The minimum absolute atomic E-state index is 0.117. The Hall–Kier alpha value is -1.39. The topological polar surface area (TPSA) is 29.1 Å². The van der Waals surface area contributed by atoms with E-state index in [4.69, 9.17) is 0 Å². The molecule has 0 aliphatic heterocycles. The van der Waals surface area contributed by atoms with Crippen molar-refractivity contribution >= 4 is 44.9 Å². The molecule has 0 fully saturated rings. The minimum Gasteiger partial charge on any atom is -0.322 e. The molecule has 0 atom stereocenters. The predicted molar refractivity (Wildman–Crippen MR) is 80.9 cm³/mol. The number of nitrogens with one attached hydrogen (secondary N) is 1. The Morgan fingerprint density at radius 3 is 2.72 bits per heavy atom. The van der Waals surface area contributed by atoms with Gasteiger partial charge in [0.2, 0.25) is 5.91 Å². The molecule has 2 aromatic rings. The lowest BCUT2D eigenvalue weighted by molar-refractivity contribution is -0.111. The van der Waals surface area contributed by atoms with E-state index in [2.05, 4.69) is 21.2 Å². The second-order valence-corrected chi connectivity index (χ2v) is 6.27. The molecule has 2 nitrogen and oxygen atoms in total. The first-order valence-corrected chi connectivity index (χ1v) is 7.06. The number of anilines is 1. The maximum atomic E-state index is 11.7. The molecule has 0 bridgehead atoms. The summed E-state index contributed by atoms with van der Waals surface area (Å²) in [5, 5.41) is 2.85. The highest BCUT2D eigenvalue weighted by Gasteiger charge is 2.00. The second kappa shape index (κ2) is 5.98. The minimum atomic E-state index is -0.117. The average Bonchev–Trinajstić information content (AvgIpc) is 2.76. The van der Waals surface area contributed by atoms with Crippen molar-refractivity contribution in [1.29, 1.82) is 0 Å². The summed E-state index contributed by atoms with van der Waals surface area (Å²) in [5.41, 5.74) is 1.90. The Balaban J connectivity index is 2.01. The molecule has 1 heterocycles. The Morgan fingerprint density at radius 1 is 1.28 bits per heavy atom. The molecule has 92 valence electrons. The number of hydrogen-bond acceptors (Lipinski definition) is 2. The van der Waals surface area contributed by atoms with Crippen LogP contribution in [0.3, 0.4) is 0 Å². The van der Waals surface area contributed by atoms with Gasteiger partial charge in [0.25, 0.3) is 0 Å². The van der Waals surface area contributed by atoms with Gasteiger partial charge in [-0.1, -0.05) is 18.2 Å². The molecule has 0 aliphatic carbocycles. The van der Waals surface area contributed by atoms with Gasteiger partial charge < -0.3 is 5.32 Å². The van der Waals surface area contributed by atoms with Crippen molar-refractivity contribution in [1.82, 2.24) is 0 Å². The summed E-state index contributed by atoms with van der Waals surface area (Å²) in [6, 6.07) is 11.6. The highest BCUT2D eigenvalue weighted by Crippen LogP contribution is 2.23. The summed E-state index contributed by atoms with van der Waals surface area (Å²) in [4.78, 5) is 12.8. The van der Waals surface area contributed by atoms with E-state index in [0.717, 1.165) is 19.9 Å². The Bertz CT molecular complexity index is 589. The third kappa shape index (κ3) is 3.55. The molecule has 1 amide bonds. The molecule has 1 aromatic carbocycles. The lowest BCUT2D eigenvalue weighted by atomic mass is 10.2. The first-order valence-electron chi connectivity index (χ1n) is 5.45. The molecule has 0 saturated carbocycles. The van der Waals surface area contributed by atoms with E-state index in [9.17, 15) is 4.79 Å². The fourth-order valence-corrected chi connectivity index (χ4v) is 2.79. The summed E-state index contributed by atoms with van der Waals surface area (Å²) < 4.78 is 1.06. The van der Waals surface area contributed by atoms with Gasteiger partial charge in [0.1, 0.15) is 0 Å². The second-order valence-electron chi connectivity index (χ2n) is 3.78. The summed E-state index contributed by atoms with van der Waals surface area (Å²) >= 11 is 4.98. The van der Waals surface area contributed by atoms with Crippen molar-refractivity contribution in [2.45, 2.75) is 6.92 Å². The van der Waals surface area contributed by atoms with Gasteiger partial charge in [-0.25, -0.2) is 0 Å². The highest BCUT2D eigenvalue weighted by atomic mass is 79.9. The van der Waals surface area contributed by atoms with Crippen LogP contribution in [0, 0.1) is 6.92 Å². The molecule has 0 aliphatic rings. The molecule has 0 saturated heterocycles. The maximum Gasteiger partial charge on any atom is 0.248 e. The van der Waals surface area contributed by atoms with Crippen molar-refractivity contribution in [3.8, 4) is 0 Å². The van der Waals surface area contributed by atoms with Gasteiger partial charge in [-0.2, -0.15) is 0 Å². The van der Waals surface area contributed by atoms with E-state index < -0.39 is 0 Å². The molecular formula is C14H12BrNOS. The predicted octanol–water partition coefficient (Wildman–Crippen LogP) is 4.47. The van der Waals surface area contributed by atoms with Crippen LogP contribution < -0.4 is 5.32 Å². The van der Waals surface area contributed by atoms with Gasteiger partial charge in [0, 0.05) is 16.6 Å². The lowest BCUT2D eigenvalue weighted by Crippen LogP contribution is -2.08. The van der Waals surface area contributed by atoms with Gasteiger partial charge in [0.05, 0.1) is 3.79 Å². The number of carbonyl (C=O) groups is 1. The van der Waals surface area contributed by atoms with Gasteiger partial charge in [-0.3, -0.25) is 4.79 Å². The third-order valence-corrected chi connectivity index (χ3v) is 3.98. The van der Waals surface area contributed by atoms with E-state index >= 15 is 0 Å². The first kappa shape index (κ1) is 13.1. The van der Waals surface area contributed by atoms with Crippen LogP contribution in [-0.2, 0) is 4.79 Å². The summed E-state index contributed by atoms with van der Waals surface area (Å²) in [6.07, 6.45) is 3.35. The molecule has 0 spiro atoms. The number of hydrogen-bond donors (Lipinski definition) is 1. The van der Waals surface area contributed by atoms with Crippen LogP contribution in [0.25, 0.3) is 6.08 Å². The van der Waals surface area contributed by atoms with Gasteiger partial charge in [-0.15, -0.1) is 11.3 Å². The van der Waals surface area contributed by atoms with E-state index in [1.165, 1.54) is 0 Å². The van der Waals surface area contributed by atoms with Crippen LogP contribution >= 0.6 is 27.3 Å². The molecule has 4 heteroatoms. The number of halogens is 1. The molecular weight excluding hydrogens is 310 g/mol. The Morgan fingerprint density at radius 2 is 2.06 bits per heavy atom. The standard InChI is InChI=1S/C14H12BrNOS/c1-10-4-2-3-5-12(10)16-14(17)9-7-11-6-8-13(15)18-11/h2-9H,1H3,(H,16,17)/b9-7+. The monoisotopic (exact) mass is 321 g/mol. The number of aryl methyl sites for hydroxylation is 1. The van der Waals surface area contributed by atoms with E-state index in [1.54, 1.807) is 17.4 Å². The molecule has 1 N–H and O–H groups in total. The zero-order valence-electron chi connectivity index (χ0n) is 9.81. The zero-order valence-corrected chi connectivity index (χ0v) is 12.2. The fourth-order valence-electron chi connectivity index (χ4n) is 1.46. The fraction of sp³-hybridized carbons (Fsp3) is 0.0714. The van der Waals surface area contributed by atoms with Crippen LogP contribution in [0.4, 0.5) is 5.69 Å². The smallest absolute Gasteiger partial charge is 0.248 e. The van der Waals surface area contributed by atoms with Gasteiger partial charge in [0.15, 0.2) is 0 Å². The van der Waals surface area contributed by atoms with Crippen molar-refractivity contribution in [3.05, 3.63) is 56.7 Å². The summed E-state index contributed by atoms with van der Waals surface area (Å²) in [5.74, 6) is -0.117. The van der Waals surface area contributed by atoms with Crippen LogP contribution in [0.5, 0.6) is 0 Å². The quantitative estimate of drug-likeness (QED) is 0.830. The molecule has 0 radical (unpaired) electrons. The van der Waals surface area contributed by atoms with Crippen molar-refractivity contribution in [2.75, 3.05) is 5.32 Å². The summed E-state index contributed by atoms with van der Waals surface area (Å²) in [7, 11) is 0. The largest absolute Gasteiger partial charge is 0.322 e. The number of benzene rings is 1. The highest BCUT2D eigenvalue weighted by molar-refractivity contribution is 9.11. The van der Waals surface area contributed by atoms with Crippen LogP contribution in [0.1, 0.15) is 10.4 Å². The average molecular weight is 322 g/mol. The van der Waals surface area contributed by atoms with Crippen molar-refractivity contribution in [3.63, 3.8) is 0 Å². The molecule has 1 aromatic heterocycles. The summed E-state index contributed by atoms with van der Waals surface area (Å²) in [6.45, 7) is 1.97. The third-order valence-electron chi connectivity index (χ3n) is 2.40. The number of thiophene rings is 1. The normalized spacial score (nSPS) is 10.8. The Kier molecular flexibility index (Phi) is 4.33. The van der Waals surface area contributed by atoms with Gasteiger partial charge >= 0.3 is 0 Å². The zero-order chi connectivity index (χ0) is 13.0. The van der Waals surface area contributed by atoms with E-state index in [1.807, 2.05) is 49.4 Å². The maximum absolute atomic E-state index is 11.7. The number of amides is 1. The first-order chi connectivity index (χ1) is 8.65. The SMILES string of the molecule is Cc1ccccc1NC(=O)/C=C/c1ccc(Br)s1. The molecule has 2 rings (SSSR count). The molecule has 0 unspecified atom stereocenters. The number of para-hydroxylation sites is 1. The van der Waals surface area contributed by atoms with Crippen LogP contribution in [0.2, 0.25) is 0 Å². The van der Waals surface area contributed by atoms with Gasteiger partial charge in [-0.05, 0) is 52.7 Å². The van der Waals surface area contributed by atoms with Crippen LogP contribution in [-0.4, -0.2) is 5.91 Å². The number of carbonyl (C=O) groups excluding carboxylic acids is 1. The van der Waals surface area contributed by atoms with Crippen molar-refractivity contribution in [2.24, 2.45) is 0 Å². The molecule has 18 heavy (non-hydrogen) atoms. The van der Waals surface area contributed by atoms with Crippen LogP contribution in [0.15, 0.2) is 46.3 Å².